The van der Waals surface area contributed by atoms with Crippen LogP contribution in [-0.2, 0) is 51.4 Å². The summed E-state index contributed by atoms with van der Waals surface area (Å²) in [6.07, 6.45) is 7.19. The first-order valence-corrected chi connectivity index (χ1v) is 49.8. The molecule has 30 N–H and O–H groups in total. The Morgan fingerprint density at radius 2 is 0.427 bits per heavy atom. The largest absolute Gasteiger partial charge is 0.368 e. The van der Waals surface area contributed by atoms with E-state index >= 15 is 0 Å². The van der Waals surface area contributed by atoms with Gasteiger partial charge in [-0.05, 0) is 172 Å². The van der Waals surface area contributed by atoms with E-state index in [1.54, 1.807) is 50.9 Å². The lowest BCUT2D eigenvalue weighted by atomic mass is 10.2. The first-order valence-electron chi connectivity index (χ1n) is 47.9. The fraction of sp³-hybridized carbons (Fsp3) is 0.404. The predicted octanol–water partition coefficient (Wildman–Crippen LogP) is 7.34. The van der Waals surface area contributed by atoms with Gasteiger partial charge in [0.15, 0.2) is 0 Å². The molecule has 0 unspecified atom stereocenters. The zero-order chi connectivity index (χ0) is 109. The van der Waals surface area contributed by atoms with Crippen molar-refractivity contribution in [1.29, 1.82) is 0 Å². The molecule has 0 aliphatic carbocycles. The highest BCUT2D eigenvalue weighted by atomic mass is 32.1. The molecule has 16 aromatic heterocycles. The summed E-state index contributed by atoms with van der Waals surface area (Å²) >= 11 is 3.43. The number of nitrogens with zero attached hydrogens (tertiary/aromatic N) is 32. The van der Waals surface area contributed by atoms with Crippen LogP contribution in [0.25, 0.3) is 0 Å². The predicted molar refractivity (Wildman–Crippen MR) is 608 cm³/mol. The monoisotopic (exact) mass is 2100 g/mol. The molecule has 0 saturated carbocycles. The van der Waals surface area contributed by atoms with Gasteiger partial charge in [-0.3, -0.25) is 0 Å². The summed E-state index contributed by atoms with van der Waals surface area (Å²) in [6.45, 7) is 18.4. The van der Waals surface area contributed by atoms with Crippen molar-refractivity contribution in [3.8, 4) is 0 Å². The van der Waals surface area contributed by atoms with Gasteiger partial charge >= 0.3 is 0 Å². The second kappa shape index (κ2) is 59.1. The summed E-state index contributed by atoms with van der Waals surface area (Å²) in [7, 11) is 30.0. The zero-order valence-corrected chi connectivity index (χ0v) is 91.1. The van der Waals surface area contributed by atoms with Crippen LogP contribution < -0.4 is 128 Å². The van der Waals surface area contributed by atoms with Gasteiger partial charge in [-0.1, -0.05) is 0 Å². The third-order valence-electron chi connectivity index (χ3n) is 21.1. The number of nitrogen functional groups attached to an aromatic ring is 8. The number of aryl methyl sites for hydroxylation is 6. The molecule has 54 nitrogen and oxygen atoms in total. The minimum absolute atomic E-state index is 0.121. The lowest BCUT2D eigenvalue weighted by molar-refractivity contribution is 0.813. The minimum atomic E-state index is 0.121. The maximum atomic E-state index is 5.72. The van der Waals surface area contributed by atoms with Crippen LogP contribution in [0.15, 0.2) is 106 Å². The molecule has 0 amide bonds. The van der Waals surface area contributed by atoms with E-state index in [4.69, 9.17) is 45.9 Å². The van der Waals surface area contributed by atoms with Crippen LogP contribution in [-0.4, -0.2) is 315 Å². The number of hydrogen-bond donors (Lipinski definition) is 22. The van der Waals surface area contributed by atoms with Crippen LogP contribution in [0.4, 0.5) is 143 Å². The van der Waals surface area contributed by atoms with Gasteiger partial charge in [0.1, 0.15) is 0 Å². The summed E-state index contributed by atoms with van der Waals surface area (Å²) < 4.78 is 0. The fourth-order valence-corrected chi connectivity index (χ4v) is 14.6. The highest BCUT2D eigenvalue weighted by molar-refractivity contribution is 7.08. The molecule has 150 heavy (non-hydrogen) atoms. The van der Waals surface area contributed by atoms with Crippen LogP contribution in [0.5, 0.6) is 0 Å². The van der Waals surface area contributed by atoms with E-state index in [0.29, 0.717) is 102 Å². The molecular weight excluding hydrogens is 1950 g/mol. The average Bonchev–Trinajstić information content (AvgIpc) is 1.12. The van der Waals surface area contributed by atoms with Gasteiger partial charge in [0.2, 0.25) is 143 Å². The number of nitrogens with two attached hydrogens (primary N) is 8. The van der Waals surface area contributed by atoms with Gasteiger partial charge in [-0.25, -0.2) is 0 Å². The quantitative estimate of drug-likeness (QED) is 0.0178. The van der Waals surface area contributed by atoms with Gasteiger partial charge in [0.25, 0.3) is 0 Å². The van der Waals surface area contributed by atoms with Crippen molar-refractivity contribution in [2.45, 2.75) is 92.9 Å². The highest BCUT2D eigenvalue weighted by Crippen LogP contribution is 2.22. The van der Waals surface area contributed by atoms with Crippen molar-refractivity contribution in [3.05, 3.63) is 186 Å². The van der Waals surface area contributed by atoms with E-state index in [1.807, 2.05) is 184 Å². The molecule has 16 rings (SSSR count). The number of nitrogens with one attached hydrogen (secondary N) is 14. The standard InChI is InChI=1S/C13H21N7.C13H20N6S.2C12H19N7.C12H18N6S.2C11H17N7.C10H15N7/c1-9-5-6-10(15-9)7-8-20(4)13-17-11(14)16-12(18-13)19(2)3;1-18(2)12-15-11(16-13(17-12)19(3)4)14-7-5-10-6-8-20-9-10;1-8-4-5-9(15-8)6-7-19(3)12-17-10(13)16-11(14-2)18-12;1-8-4-5-9(16-8)6-7-15-12-18-10(13-2)17-11(14-3)19-12;1-17(2)11-14-10(13)15-12(16-11)18(3)6-4-9-5-7-19-8-9;1-7-3-4-8(14-7)5-6-18(2)11-16-9(12)15-10(13)17-11;1-7-3-4-8(15-7)5-6-14-11-17-9(12)16-10(13-2)18-11;1-6-2-3-7(14-6)4-5-13-10-16-8(11)15-9(12)17-10/h5-6,15H,7-8H2,1-4H3,(H2,14,16,17,18);6,8-9H,5,7H2,1-4H3,(H,14,15,16,17);4-5,15H,6-7H2,1-3H3,(H3,13,14,16,17,18);4-5,16H,6-7H2,1-3H3,(H3,13,14,15,17,18,19);5,7-8H,4,6H2,1-3H3,(H2,13,14,15,16);3-4,14H,5-6H2,1-2H3,(H4,12,13,15,16,17);3-4,15H,5-6H2,1-2H3,(H4,12,13,14,16,17,18);2-3,14H,4-5H2,1H3,(H5,11,12,13,15,16,17). The highest BCUT2D eigenvalue weighted by Gasteiger charge is 2.18. The summed E-state index contributed by atoms with van der Waals surface area (Å²) in [4.78, 5) is 134. The molecule has 0 bridgehead atoms. The van der Waals surface area contributed by atoms with E-state index in [9.17, 15) is 0 Å². The fourth-order valence-electron chi connectivity index (χ4n) is 13.2. The van der Waals surface area contributed by atoms with Crippen LogP contribution in [0, 0.1) is 41.5 Å². The van der Waals surface area contributed by atoms with Crippen LogP contribution in [0.3, 0.4) is 0 Å². The van der Waals surface area contributed by atoms with E-state index in [0.717, 1.165) is 120 Å². The van der Waals surface area contributed by atoms with Crippen molar-refractivity contribution in [2.24, 2.45) is 0 Å². The van der Waals surface area contributed by atoms with E-state index in [1.165, 1.54) is 56.7 Å². The molecule has 56 heteroatoms. The molecule has 0 saturated heterocycles. The Bertz CT molecular complexity index is 6550. The number of aromatic nitrogens is 30. The first kappa shape index (κ1) is 116. The summed E-state index contributed by atoms with van der Waals surface area (Å²) in [5.74, 6) is 10.2. The Kier molecular flexibility index (Phi) is 45.7. The number of hydrogen-bond acceptors (Lipinski definition) is 50. The Labute approximate surface area is 881 Å². The SMILES string of the molecule is CN(C)c1nc(N)nc(N(C)CCc2ccsc2)n1.CN(C)c1nc(NCCc2ccsc2)nc(N(C)C)n1.CNc1nc(N)nc(N(C)CCc2ccc(C)[nH]2)n1.CNc1nc(N)nc(NCCc2ccc(C)[nH]2)n1.CNc1nc(NC)nc(NCCc2ccc(C)[nH]2)n1.Cc1ccc(CCN(C)c2nc(N)nc(N(C)C)n2)[nH]1.Cc1ccc(CCN(C)c2nc(N)nc(N)n2)[nH]1.Cc1ccc(CCNc2nc(N)nc(N)n2)[nH]1. The minimum Gasteiger partial charge on any atom is -0.368 e. The maximum absolute atomic E-state index is 5.72. The molecule has 0 radical (unpaired) electrons. The summed E-state index contributed by atoms with van der Waals surface area (Å²) in [5, 5.41) is 32.6. The van der Waals surface area contributed by atoms with E-state index < -0.39 is 0 Å². The third-order valence-corrected chi connectivity index (χ3v) is 22.6. The average molecular weight is 2100 g/mol. The molecule has 0 atom stereocenters. The van der Waals surface area contributed by atoms with Gasteiger partial charge in [-0.2, -0.15) is 142 Å². The summed E-state index contributed by atoms with van der Waals surface area (Å²) in [5.41, 5.74) is 61.4. The number of H-pyrrole nitrogens is 6. The van der Waals surface area contributed by atoms with Crippen LogP contribution in [0.1, 0.15) is 79.5 Å². The topological polar surface area (TPSA) is 734 Å². The number of likely N-dealkylation sites (N-methyl/N-ethyl adjacent to an activating group) is 4. The third kappa shape index (κ3) is 41.1. The Morgan fingerprint density at radius 3 is 0.733 bits per heavy atom. The summed E-state index contributed by atoms with van der Waals surface area (Å²) in [6, 6.07) is 29.1. The Morgan fingerprint density at radius 1 is 0.220 bits per heavy atom. The first-order chi connectivity index (χ1) is 71.7. The molecule has 0 aromatic carbocycles. The number of anilines is 24. The molecule has 16 aromatic rings. The van der Waals surface area contributed by atoms with Crippen molar-refractivity contribution >= 4 is 165 Å². The van der Waals surface area contributed by atoms with Gasteiger partial charge in [0.05, 0.1) is 0 Å². The second-order valence-electron chi connectivity index (χ2n) is 34.8. The Hall–Kier alpha value is -17.6. The molecule has 0 aliphatic rings. The Balaban J connectivity index is 0.000000190. The number of rotatable bonds is 40. The van der Waals surface area contributed by atoms with Crippen molar-refractivity contribution in [3.63, 3.8) is 0 Å². The van der Waals surface area contributed by atoms with Gasteiger partial charge in [-0.15, -0.1) is 0 Å². The lowest BCUT2D eigenvalue weighted by Gasteiger charge is -2.18. The molecule has 16 heterocycles. The number of aromatic amines is 6. The van der Waals surface area contributed by atoms with E-state index in [-0.39, 0.29) is 47.6 Å². The van der Waals surface area contributed by atoms with Crippen molar-refractivity contribution in [1.82, 2.24) is 150 Å². The zero-order valence-electron chi connectivity index (χ0n) is 89.5. The van der Waals surface area contributed by atoms with E-state index in [2.05, 4.69) is 280 Å². The molecule has 0 fully saturated rings. The smallest absolute Gasteiger partial charge is 0.231 e. The molecule has 0 spiro atoms. The second-order valence-corrected chi connectivity index (χ2v) is 36.3. The molecule has 0 aliphatic heterocycles. The lowest BCUT2D eigenvalue weighted by Crippen LogP contribution is -2.25. The normalized spacial score (nSPS) is 10.4. The molecular formula is C94H146N54S2. The number of thiophene rings is 2. The van der Waals surface area contributed by atoms with Crippen LogP contribution in [0.2, 0.25) is 0 Å². The molecule has 804 valence electrons. The maximum Gasteiger partial charge on any atom is 0.231 e. The van der Waals surface area contributed by atoms with Gasteiger partial charge in [0, 0.05) is 272 Å². The van der Waals surface area contributed by atoms with Crippen molar-refractivity contribution in [2.75, 3.05) is 293 Å². The van der Waals surface area contributed by atoms with Gasteiger partial charge < -0.3 is 158 Å². The van der Waals surface area contributed by atoms with Crippen molar-refractivity contribution < 1.29 is 0 Å². The van der Waals surface area contributed by atoms with Crippen LogP contribution >= 0.6 is 22.7 Å².